The van der Waals surface area contributed by atoms with Crippen molar-refractivity contribution in [3.63, 3.8) is 0 Å². The molecule has 11 rings (SSSR count). The lowest BCUT2D eigenvalue weighted by atomic mass is 9.95. The number of thiophene rings is 1. The minimum absolute atomic E-state index is 1.17. The lowest BCUT2D eigenvalue weighted by Gasteiger charge is -2.11. The zero-order chi connectivity index (χ0) is 32.1. The van der Waals surface area contributed by atoms with E-state index in [0.717, 1.165) is 0 Å². The molecule has 3 heteroatoms. The molecule has 0 amide bonds. The molecular weight excluding hydrogens is 613 g/mol. The predicted octanol–water partition coefficient (Wildman–Crippen LogP) is 13.1. The van der Waals surface area contributed by atoms with Gasteiger partial charge in [0.05, 0.1) is 22.1 Å². The molecule has 0 bridgehead atoms. The van der Waals surface area contributed by atoms with Crippen molar-refractivity contribution in [3.05, 3.63) is 170 Å². The number of rotatable bonds is 3. The van der Waals surface area contributed by atoms with Gasteiger partial charge in [-0.25, -0.2) is 0 Å². The van der Waals surface area contributed by atoms with Crippen LogP contribution in [0.4, 0.5) is 0 Å². The molecule has 49 heavy (non-hydrogen) atoms. The molecule has 0 atom stereocenters. The molecule has 0 fully saturated rings. The standard InChI is InChI=1S/C46H28N2S/c1-2-12-30-27-31(24-23-29(30)11-1)47-39-18-6-3-14-36(39)45-34(16-9-20-41(45)47)35-17-10-21-42-46(35)37-15-4-7-19-40(37)48(42)32-25-26-44-38(28-32)33-13-5-8-22-43(33)49-44/h1-28H. The van der Waals surface area contributed by atoms with E-state index in [2.05, 4.69) is 179 Å². The van der Waals surface area contributed by atoms with Crippen LogP contribution in [0.1, 0.15) is 0 Å². The summed E-state index contributed by atoms with van der Waals surface area (Å²) in [7, 11) is 0. The van der Waals surface area contributed by atoms with E-state index in [0.29, 0.717) is 0 Å². The van der Waals surface area contributed by atoms with E-state index in [9.17, 15) is 0 Å². The van der Waals surface area contributed by atoms with Crippen LogP contribution in [0.3, 0.4) is 0 Å². The molecule has 2 nitrogen and oxygen atoms in total. The Bertz CT molecular complexity index is 3120. The van der Waals surface area contributed by atoms with Crippen LogP contribution in [0, 0.1) is 0 Å². The number of aromatic nitrogens is 2. The number of para-hydroxylation sites is 2. The van der Waals surface area contributed by atoms with Crippen molar-refractivity contribution >= 4 is 85.9 Å². The van der Waals surface area contributed by atoms with E-state index in [4.69, 9.17) is 0 Å². The van der Waals surface area contributed by atoms with Crippen molar-refractivity contribution in [3.8, 4) is 22.5 Å². The Morgan fingerprint density at radius 1 is 0.327 bits per heavy atom. The first-order valence-corrected chi connectivity index (χ1v) is 17.6. The molecule has 8 aromatic carbocycles. The molecular formula is C46H28N2S. The second-order valence-corrected chi connectivity index (χ2v) is 14.0. The Morgan fingerprint density at radius 2 is 0.837 bits per heavy atom. The number of hydrogen-bond acceptors (Lipinski definition) is 1. The van der Waals surface area contributed by atoms with Gasteiger partial charge >= 0.3 is 0 Å². The van der Waals surface area contributed by atoms with E-state index in [1.807, 2.05) is 11.3 Å². The fraction of sp³-hybridized carbons (Fsp3) is 0. The molecule has 0 unspecified atom stereocenters. The molecule has 0 spiro atoms. The second-order valence-electron chi connectivity index (χ2n) is 12.9. The Hall–Kier alpha value is -6.16. The normalized spacial score (nSPS) is 12.1. The van der Waals surface area contributed by atoms with Gasteiger partial charge in [-0.15, -0.1) is 11.3 Å². The SMILES string of the molecule is c1ccc2cc(-n3c4ccccc4c4c(-c5cccc6c5c5ccccc5n6-c5ccc6sc7ccccc7c6c5)cccc43)ccc2c1. The van der Waals surface area contributed by atoms with Gasteiger partial charge in [-0.05, 0) is 82.6 Å². The first kappa shape index (κ1) is 26.9. The van der Waals surface area contributed by atoms with Crippen LogP contribution in [0.2, 0.25) is 0 Å². The summed E-state index contributed by atoms with van der Waals surface area (Å²) < 4.78 is 7.54. The molecule has 3 aromatic heterocycles. The number of nitrogens with zero attached hydrogens (tertiary/aromatic N) is 2. The molecule has 0 aliphatic rings. The van der Waals surface area contributed by atoms with Crippen molar-refractivity contribution in [1.82, 2.24) is 9.13 Å². The quantitative estimate of drug-likeness (QED) is 0.182. The smallest absolute Gasteiger partial charge is 0.0547 e. The van der Waals surface area contributed by atoms with E-state index >= 15 is 0 Å². The highest BCUT2D eigenvalue weighted by Crippen LogP contribution is 2.44. The van der Waals surface area contributed by atoms with Crippen LogP contribution in [-0.2, 0) is 0 Å². The van der Waals surface area contributed by atoms with Gasteiger partial charge in [0.2, 0.25) is 0 Å². The maximum Gasteiger partial charge on any atom is 0.0547 e. The van der Waals surface area contributed by atoms with E-state index in [1.54, 1.807) is 0 Å². The van der Waals surface area contributed by atoms with Gasteiger partial charge in [-0.2, -0.15) is 0 Å². The zero-order valence-electron chi connectivity index (χ0n) is 26.5. The summed E-state index contributed by atoms with van der Waals surface area (Å²) in [4.78, 5) is 0. The Morgan fingerprint density at radius 3 is 1.53 bits per heavy atom. The first-order valence-electron chi connectivity index (χ1n) is 16.8. The van der Waals surface area contributed by atoms with Crippen molar-refractivity contribution in [2.24, 2.45) is 0 Å². The van der Waals surface area contributed by atoms with Gasteiger partial charge in [0.25, 0.3) is 0 Å². The average Bonchev–Trinajstić information content (AvgIpc) is 3.82. The van der Waals surface area contributed by atoms with Crippen molar-refractivity contribution in [2.45, 2.75) is 0 Å². The summed E-state index contributed by atoms with van der Waals surface area (Å²) in [5.74, 6) is 0. The second kappa shape index (κ2) is 10.2. The van der Waals surface area contributed by atoms with Gasteiger partial charge in [0, 0.05) is 53.1 Å². The summed E-state index contributed by atoms with van der Waals surface area (Å²) in [6.45, 7) is 0. The van der Waals surface area contributed by atoms with Crippen LogP contribution in [0.5, 0.6) is 0 Å². The van der Waals surface area contributed by atoms with E-state index < -0.39 is 0 Å². The summed E-state index contributed by atoms with van der Waals surface area (Å²) in [5.41, 5.74) is 9.72. The van der Waals surface area contributed by atoms with Crippen molar-refractivity contribution in [1.29, 1.82) is 0 Å². The molecule has 0 saturated carbocycles. The number of fused-ring (bicyclic) bond motifs is 10. The van der Waals surface area contributed by atoms with E-state index in [1.165, 1.54) is 97.1 Å². The Balaban J connectivity index is 1.21. The monoisotopic (exact) mass is 640 g/mol. The van der Waals surface area contributed by atoms with Crippen LogP contribution in [-0.4, -0.2) is 9.13 Å². The number of benzene rings is 8. The maximum absolute atomic E-state index is 2.46. The lowest BCUT2D eigenvalue weighted by molar-refractivity contribution is 1.19. The van der Waals surface area contributed by atoms with Gasteiger partial charge in [-0.3, -0.25) is 0 Å². The van der Waals surface area contributed by atoms with Gasteiger partial charge in [-0.1, -0.05) is 109 Å². The maximum atomic E-state index is 2.46. The molecule has 228 valence electrons. The predicted molar refractivity (Wildman–Crippen MR) is 211 cm³/mol. The highest BCUT2D eigenvalue weighted by atomic mass is 32.1. The summed E-state index contributed by atoms with van der Waals surface area (Å²) in [5, 5.41) is 10.2. The topological polar surface area (TPSA) is 9.86 Å². The average molecular weight is 641 g/mol. The Kier molecular flexibility index (Phi) is 5.57. The third-order valence-electron chi connectivity index (χ3n) is 10.3. The highest BCUT2D eigenvalue weighted by molar-refractivity contribution is 7.25. The molecule has 0 aliphatic carbocycles. The molecule has 0 N–H and O–H groups in total. The van der Waals surface area contributed by atoms with Gasteiger partial charge < -0.3 is 9.13 Å². The number of hydrogen-bond donors (Lipinski definition) is 0. The van der Waals surface area contributed by atoms with Crippen LogP contribution in [0.15, 0.2) is 170 Å². The van der Waals surface area contributed by atoms with E-state index in [-0.39, 0.29) is 0 Å². The van der Waals surface area contributed by atoms with Gasteiger partial charge in [0.15, 0.2) is 0 Å². The van der Waals surface area contributed by atoms with Crippen molar-refractivity contribution < 1.29 is 0 Å². The Labute approximate surface area is 286 Å². The minimum Gasteiger partial charge on any atom is -0.309 e. The van der Waals surface area contributed by atoms with Crippen LogP contribution in [0.25, 0.3) is 97.1 Å². The largest absolute Gasteiger partial charge is 0.309 e. The van der Waals surface area contributed by atoms with Crippen LogP contribution < -0.4 is 0 Å². The third kappa shape index (κ3) is 3.82. The molecule has 11 aromatic rings. The molecule has 0 aliphatic heterocycles. The molecule has 0 radical (unpaired) electrons. The lowest BCUT2D eigenvalue weighted by Crippen LogP contribution is -1.94. The fourth-order valence-electron chi connectivity index (χ4n) is 8.21. The summed E-state index contributed by atoms with van der Waals surface area (Å²) >= 11 is 1.87. The van der Waals surface area contributed by atoms with Crippen molar-refractivity contribution in [2.75, 3.05) is 0 Å². The highest BCUT2D eigenvalue weighted by Gasteiger charge is 2.21. The van der Waals surface area contributed by atoms with Crippen LogP contribution >= 0.6 is 11.3 Å². The summed E-state index contributed by atoms with van der Waals surface area (Å²) in [6.07, 6.45) is 0. The third-order valence-corrected chi connectivity index (χ3v) is 11.4. The molecule has 3 heterocycles. The van der Waals surface area contributed by atoms with Gasteiger partial charge in [0.1, 0.15) is 0 Å². The molecule has 0 saturated heterocycles. The summed E-state index contributed by atoms with van der Waals surface area (Å²) in [6, 6.07) is 62.5. The fourth-order valence-corrected chi connectivity index (χ4v) is 9.30. The first-order chi connectivity index (χ1) is 24.3. The zero-order valence-corrected chi connectivity index (χ0v) is 27.3. The minimum atomic E-state index is 1.17.